The van der Waals surface area contributed by atoms with Gasteiger partial charge in [-0.2, -0.15) is 0 Å². The van der Waals surface area contributed by atoms with Gasteiger partial charge in [-0.1, -0.05) is 47.0 Å². The van der Waals surface area contributed by atoms with Crippen LogP contribution in [0.1, 0.15) is 33.7 Å². The second kappa shape index (κ2) is 11.7. The molecule has 0 aliphatic carbocycles. The van der Waals surface area contributed by atoms with Crippen LogP contribution in [0, 0.1) is 13.8 Å². The molecule has 0 unspecified atom stereocenters. The number of thioether (sulfide) groups is 2. The summed E-state index contributed by atoms with van der Waals surface area (Å²) in [5.41, 5.74) is 4.12. The first-order valence-electron chi connectivity index (χ1n) is 9.92. The Kier molecular flexibility index (Phi) is 9.01. The fourth-order valence-corrected chi connectivity index (χ4v) is 6.04. The van der Waals surface area contributed by atoms with Crippen molar-refractivity contribution in [3.05, 3.63) is 52.8 Å². The zero-order chi connectivity index (χ0) is 22.2. The van der Waals surface area contributed by atoms with E-state index < -0.39 is 0 Å². The number of benzene rings is 1. The van der Waals surface area contributed by atoms with Gasteiger partial charge in [0, 0.05) is 43.0 Å². The second-order valence-electron chi connectivity index (χ2n) is 6.97. The van der Waals surface area contributed by atoms with Crippen molar-refractivity contribution in [1.82, 2.24) is 14.8 Å². The first kappa shape index (κ1) is 23.8. The van der Waals surface area contributed by atoms with E-state index >= 15 is 0 Å². The number of hydrogen-bond acceptors (Lipinski definition) is 8. The summed E-state index contributed by atoms with van der Waals surface area (Å²) in [4.78, 5) is 12.8. The lowest BCUT2D eigenvalue weighted by molar-refractivity contribution is 0.102. The lowest BCUT2D eigenvalue weighted by atomic mass is 10.2. The van der Waals surface area contributed by atoms with Crippen LogP contribution in [-0.2, 0) is 17.0 Å². The first-order valence-corrected chi connectivity index (χ1v) is 12.7. The maximum Gasteiger partial charge on any atom is 0.175 e. The van der Waals surface area contributed by atoms with Gasteiger partial charge in [0.25, 0.3) is 0 Å². The number of nitrogens with zero attached hydrogens (tertiary/aromatic N) is 3. The van der Waals surface area contributed by atoms with Gasteiger partial charge in [-0.05, 0) is 44.0 Å². The van der Waals surface area contributed by atoms with Gasteiger partial charge >= 0.3 is 0 Å². The average molecular weight is 478 g/mol. The van der Waals surface area contributed by atoms with E-state index in [0.717, 1.165) is 50.1 Å². The Balaban J connectivity index is 1.51. The van der Waals surface area contributed by atoms with Crippen molar-refractivity contribution in [3.63, 3.8) is 0 Å². The lowest BCUT2D eigenvalue weighted by Crippen LogP contribution is -2.08. The van der Waals surface area contributed by atoms with E-state index in [0.29, 0.717) is 12.4 Å². The predicted molar refractivity (Wildman–Crippen MR) is 128 cm³/mol. The third kappa shape index (κ3) is 6.58. The molecule has 3 rings (SSSR count). The number of hydrogen-bond donors (Lipinski definition) is 0. The van der Waals surface area contributed by atoms with Crippen molar-refractivity contribution in [1.29, 1.82) is 0 Å². The van der Waals surface area contributed by atoms with Crippen LogP contribution in [-0.4, -0.2) is 47.1 Å². The van der Waals surface area contributed by atoms with E-state index in [1.54, 1.807) is 26.0 Å². The van der Waals surface area contributed by atoms with Gasteiger partial charge in [-0.15, -0.1) is 10.2 Å². The third-order valence-corrected chi connectivity index (χ3v) is 8.10. The highest BCUT2D eigenvalue weighted by Crippen LogP contribution is 2.31. The number of ether oxygens (including phenoxy) is 2. The Labute approximate surface area is 195 Å². The van der Waals surface area contributed by atoms with E-state index in [4.69, 9.17) is 9.47 Å². The van der Waals surface area contributed by atoms with Crippen molar-refractivity contribution < 1.29 is 14.3 Å². The van der Waals surface area contributed by atoms with E-state index in [9.17, 15) is 4.79 Å². The fourth-order valence-electron chi connectivity index (χ4n) is 3.18. The zero-order valence-electron chi connectivity index (χ0n) is 18.2. The van der Waals surface area contributed by atoms with Crippen LogP contribution in [0.5, 0.6) is 5.75 Å². The summed E-state index contributed by atoms with van der Waals surface area (Å²) in [5, 5.41) is 8.49. The van der Waals surface area contributed by atoms with E-state index in [-0.39, 0.29) is 5.78 Å². The molecule has 0 fully saturated rings. The molecule has 0 aliphatic rings. The van der Waals surface area contributed by atoms with E-state index in [2.05, 4.69) is 14.8 Å². The molecule has 2 aromatic heterocycles. The minimum atomic E-state index is 0.124. The number of Topliss-reactive ketones (excluding diaryl/α,β-unsaturated/α-hetero) is 1. The Hall–Kier alpha value is -1.81. The SMILES string of the molecule is COCCCn1c(C)cc(C(=O)CSc2nnc(SCc3ccc(OC)cc3)s2)c1C. The summed E-state index contributed by atoms with van der Waals surface area (Å²) < 4.78 is 14.2. The van der Waals surface area contributed by atoms with Gasteiger partial charge in [0.05, 0.1) is 12.9 Å². The molecule has 0 N–H and O–H groups in total. The van der Waals surface area contributed by atoms with Crippen LogP contribution < -0.4 is 4.74 Å². The number of aromatic nitrogens is 3. The standard InChI is InChI=1S/C22H27N3O3S3/c1-15-12-19(16(2)25(15)10-5-11-27-3)20(26)14-30-22-24-23-21(31-22)29-13-17-6-8-18(28-4)9-7-17/h6-9,12H,5,10-11,13-14H2,1-4H3. The summed E-state index contributed by atoms with van der Waals surface area (Å²) >= 11 is 4.63. The lowest BCUT2D eigenvalue weighted by Gasteiger charge is -2.09. The Bertz CT molecular complexity index is 999. The quantitative estimate of drug-likeness (QED) is 0.200. The number of aryl methyl sites for hydroxylation is 1. The summed E-state index contributed by atoms with van der Waals surface area (Å²) in [6, 6.07) is 10.00. The van der Waals surface area contributed by atoms with Gasteiger partial charge in [0.1, 0.15) is 5.75 Å². The predicted octanol–water partition coefficient (Wildman–Crippen LogP) is 5.27. The monoisotopic (exact) mass is 477 g/mol. The van der Waals surface area contributed by atoms with Crippen LogP contribution in [0.3, 0.4) is 0 Å². The molecular weight excluding hydrogens is 450 g/mol. The molecule has 0 aliphatic heterocycles. The summed E-state index contributed by atoms with van der Waals surface area (Å²) in [6.45, 7) is 5.63. The maximum absolute atomic E-state index is 12.8. The molecule has 6 nitrogen and oxygen atoms in total. The molecule has 0 radical (unpaired) electrons. The molecular formula is C22H27N3O3S3. The van der Waals surface area contributed by atoms with Gasteiger partial charge in [0.2, 0.25) is 0 Å². The second-order valence-corrected chi connectivity index (χ2v) is 10.4. The largest absolute Gasteiger partial charge is 0.497 e. The molecule has 0 saturated heterocycles. The molecule has 0 bridgehead atoms. The third-order valence-electron chi connectivity index (χ3n) is 4.84. The Morgan fingerprint density at radius 1 is 1.10 bits per heavy atom. The highest BCUT2D eigenvalue weighted by molar-refractivity contribution is 8.03. The summed E-state index contributed by atoms with van der Waals surface area (Å²) in [7, 11) is 3.37. The molecule has 9 heteroatoms. The molecule has 0 atom stereocenters. The Morgan fingerprint density at radius 3 is 2.48 bits per heavy atom. The molecule has 2 heterocycles. The van der Waals surface area contributed by atoms with Crippen LogP contribution in [0.4, 0.5) is 0 Å². The smallest absolute Gasteiger partial charge is 0.175 e. The molecule has 0 saturated carbocycles. The average Bonchev–Trinajstić information content (AvgIpc) is 3.35. The molecule has 0 spiro atoms. The number of carbonyl (C=O) groups is 1. The molecule has 1 aromatic carbocycles. The minimum Gasteiger partial charge on any atom is -0.497 e. The van der Waals surface area contributed by atoms with Crippen molar-refractivity contribution in [3.8, 4) is 5.75 Å². The normalized spacial score (nSPS) is 11.1. The van der Waals surface area contributed by atoms with Crippen molar-refractivity contribution in [2.45, 2.75) is 41.2 Å². The van der Waals surface area contributed by atoms with Gasteiger partial charge in [-0.25, -0.2) is 0 Å². The number of carbonyl (C=O) groups excluding carboxylic acids is 1. The number of rotatable bonds is 12. The number of methoxy groups -OCH3 is 2. The zero-order valence-corrected chi connectivity index (χ0v) is 20.7. The Morgan fingerprint density at radius 2 is 1.81 bits per heavy atom. The van der Waals surface area contributed by atoms with Crippen LogP contribution >= 0.6 is 34.9 Å². The van der Waals surface area contributed by atoms with Crippen LogP contribution in [0.2, 0.25) is 0 Å². The van der Waals surface area contributed by atoms with E-state index in [1.165, 1.54) is 28.7 Å². The molecule has 0 amide bonds. The maximum atomic E-state index is 12.8. The first-order chi connectivity index (χ1) is 15.0. The van der Waals surface area contributed by atoms with E-state index in [1.807, 2.05) is 44.2 Å². The van der Waals surface area contributed by atoms with Crippen molar-refractivity contribution in [2.75, 3.05) is 26.6 Å². The summed E-state index contributed by atoms with van der Waals surface area (Å²) in [5.74, 6) is 2.15. The molecule has 3 aromatic rings. The fraction of sp³-hybridized carbons (Fsp3) is 0.409. The van der Waals surface area contributed by atoms with Gasteiger partial charge in [-0.3, -0.25) is 4.79 Å². The topological polar surface area (TPSA) is 66.2 Å². The van der Waals surface area contributed by atoms with Gasteiger partial charge < -0.3 is 14.0 Å². The highest BCUT2D eigenvalue weighted by atomic mass is 32.2. The van der Waals surface area contributed by atoms with Gasteiger partial charge in [0.15, 0.2) is 14.5 Å². The van der Waals surface area contributed by atoms with Crippen molar-refractivity contribution in [2.24, 2.45) is 0 Å². The summed E-state index contributed by atoms with van der Waals surface area (Å²) in [6.07, 6.45) is 0.928. The van der Waals surface area contributed by atoms with Crippen molar-refractivity contribution >= 4 is 40.6 Å². The van der Waals surface area contributed by atoms with Crippen LogP contribution in [0.15, 0.2) is 39.0 Å². The van der Waals surface area contributed by atoms with Crippen LogP contribution in [0.25, 0.3) is 0 Å². The molecule has 166 valence electrons. The number of ketones is 1. The molecule has 31 heavy (non-hydrogen) atoms. The minimum absolute atomic E-state index is 0.124. The highest BCUT2D eigenvalue weighted by Gasteiger charge is 2.17.